The molecule has 3 nitrogen and oxygen atoms in total. The minimum atomic E-state index is -0.401. The van der Waals surface area contributed by atoms with Crippen LogP contribution >= 0.6 is 23.2 Å². The standard InChI is InChI=1S/C13H13Cl2NO2/c14-10-3-1-9(12(15)7-10)2-4-13(18)16-6-5-11(17)8-16/h1-4,7,11,17H,5-6,8H2/b4-2+. The molecule has 2 rings (SSSR count). The zero-order chi connectivity index (χ0) is 13.1. The number of nitrogens with zero attached hydrogens (tertiary/aromatic N) is 1. The molecular weight excluding hydrogens is 273 g/mol. The monoisotopic (exact) mass is 285 g/mol. The highest BCUT2D eigenvalue weighted by Gasteiger charge is 2.22. The van der Waals surface area contributed by atoms with Gasteiger partial charge in [0, 0.05) is 29.2 Å². The number of hydrogen-bond donors (Lipinski definition) is 1. The molecule has 0 spiro atoms. The Morgan fingerprint density at radius 3 is 2.83 bits per heavy atom. The molecule has 0 saturated carbocycles. The molecule has 1 aromatic carbocycles. The molecular formula is C13H13Cl2NO2. The molecule has 1 atom stereocenters. The summed E-state index contributed by atoms with van der Waals surface area (Å²) in [7, 11) is 0. The smallest absolute Gasteiger partial charge is 0.246 e. The summed E-state index contributed by atoms with van der Waals surface area (Å²) < 4.78 is 0. The van der Waals surface area contributed by atoms with E-state index in [0.717, 1.165) is 5.56 Å². The Labute approximate surface area is 116 Å². The van der Waals surface area contributed by atoms with E-state index < -0.39 is 6.10 Å². The largest absolute Gasteiger partial charge is 0.391 e. The predicted octanol–water partition coefficient (Wildman–Crippen LogP) is 2.60. The van der Waals surface area contributed by atoms with E-state index in [1.807, 2.05) is 0 Å². The van der Waals surface area contributed by atoms with Crippen LogP contribution in [0, 0.1) is 0 Å². The van der Waals surface area contributed by atoms with Crippen LogP contribution in [-0.4, -0.2) is 35.1 Å². The number of hydrogen-bond acceptors (Lipinski definition) is 2. The molecule has 18 heavy (non-hydrogen) atoms. The van der Waals surface area contributed by atoms with Crippen molar-refractivity contribution in [1.82, 2.24) is 4.90 Å². The van der Waals surface area contributed by atoms with Gasteiger partial charge in [-0.3, -0.25) is 4.79 Å². The molecule has 1 fully saturated rings. The van der Waals surface area contributed by atoms with E-state index in [1.165, 1.54) is 6.08 Å². The van der Waals surface area contributed by atoms with E-state index in [9.17, 15) is 9.90 Å². The molecule has 1 aliphatic rings. The first-order valence-electron chi connectivity index (χ1n) is 5.66. The van der Waals surface area contributed by atoms with Gasteiger partial charge in [-0.15, -0.1) is 0 Å². The van der Waals surface area contributed by atoms with Crippen LogP contribution in [-0.2, 0) is 4.79 Å². The summed E-state index contributed by atoms with van der Waals surface area (Å²) in [6, 6.07) is 5.11. The first-order valence-corrected chi connectivity index (χ1v) is 6.42. The van der Waals surface area contributed by atoms with Crippen LogP contribution in [0.3, 0.4) is 0 Å². The van der Waals surface area contributed by atoms with Gasteiger partial charge >= 0.3 is 0 Å². The molecule has 1 amide bonds. The van der Waals surface area contributed by atoms with E-state index >= 15 is 0 Å². The highest BCUT2D eigenvalue weighted by Crippen LogP contribution is 2.22. The third-order valence-electron chi connectivity index (χ3n) is 2.84. The highest BCUT2D eigenvalue weighted by molar-refractivity contribution is 6.35. The van der Waals surface area contributed by atoms with E-state index in [4.69, 9.17) is 23.2 Å². The van der Waals surface area contributed by atoms with E-state index in [2.05, 4.69) is 0 Å². The van der Waals surface area contributed by atoms with Crippen LogP contribution < -0.4 is 0 Å². The van der Waals surface area contributed by atoms with Crippen molar-refractivity contribution >= 4 is 35.2 Å². The van der Waals surface area contributed by atoms with Gasteiger partial charge in [-0.25, -0.2) is 0 Å². The first-order chi connectivity index (χ1) is 8.56. The minimum Gasteiger partial charge on any atom is -0.391 e. The van der Waals surface area contributed by atoms with Gasteiger partial charge in [-0.1, -0.05) is 29.3 Å². The SMILES string of the molecule is O=C(/C=C/c1ccc(Cl)cc1Cl)N1CCC(O)C1. The Hall–Kier alpha value is -1.03. The number of amides is 1. The lowest BCUT2D eigenvalue weighted by Crippen LogP contribution is -2.27. The van der Waals surface area contributed by atoms with Gasteiger partial charge in [0.15, 0.2) is 0 Å². The van der Waals surface area contributed by atoms with Crippen molar-refractivity contribution in [2.75, 3.05) is 13.1 Å². The molecule has 0 radical (unpaired) electrons. The van der Waals surface area contributed by atoms with Gasteiger partial charge in [-0.2, -0.15) is 0 Å². The van der Waals surface area contributed by atoms with E-state index in [-0.39, 0.29) is 5.91 Å². The maximum Gasteiger partial charge on any atom is 0.246 e. The Kier molecular flexibility index (Phi) is 4.27. The third-order valence-corrected chi connectivity index (χ3v) is 3.41. The lowest BCUT2D eigenvalue weighted by atomic mass is 10.2. The maximum atomic E-state index is 11.8. The predicted molar refractivity (Wildman–Crippen MR) is 72.7 cm³/mol. The number of β-amino-alcohol motifs (C(OH)–C–C–N with tert-alkyl or cyclic N) is 1. The number of benzene rings is 1. The molecule has 1 N–H and O–H groups in total. The molecule has 96 valence electrons. The molecule has 1 unspecified atom stereocenters. The molecule has 1 aliphatic heterocycles. The third kappa shape index (κ3) is 3.25. The van der Waals surface area contributed by atoms with Crippen molar-refractivity contribution in [3.8, 4) is 0 Å². The Bertz CT molecular complexity index is 488. The van der Waals surface area contributed by atoms with Gasteiger partial charge in [0.1, 0.15) is 0 Å². The fourth-order valence-electron chi connectivity index (χ4n) is 1.85. The zero-order valence-corrected chi connectivity index (χ0v) is 11.2. The zero-order valence-electron chi connectivity index (χ0n) is 9.64. The van der Waals surface area contributed by atoms with Crippen LogP contribution in [0.4, 0.5) is 0 Å². The number of carbonyl (C=O) groups excluding carboxylic acids is 1. The van der Waals surface area contributed by atoms with Crippen LogP contribution in [0.5, 0.6) is 0 Å². The number of halogens is 2. The van der Waals surface area contributed by atoms with Gasteiger partial charge in [0.25, 0.3) is 0 Å². The molecule has 1 aromatic rings. The number of aliphatic hydroxyl groups is 1. The average Bonchev–Trinajstić information content (AvgIpc) is 2.74. The highest BCUT2D eigenvalue weighted by atomic mass is 35.5. The fourth-order valence-corrected chi connectivity index (χ4v) is 2.32. The Balaban J connectivity index is 2.04. The molecule has 1 saturated heterocycles. The van der Waals surface area contributed by atoms with Gasteiger partial charge < -0.3 is 10.0 Å². The van der Waals surface area contributed by atoms with Gasteiger partial charge in [0.05, 0.1) is 6.10 Å². The van der Waals surface area contributed by atoms with Crippen LogP contribution in [0.25, 0.3) is 6.08 Å². The fraction of sp³-hybridized carbons (Fsp3) is 0.308. The summed E-state index contributed by atoms with van der Waals surface area (Å²) in [6.07, 6.45) is 3.36. The first kappa shape index (κ1) is 13.4. The number of aliphatic hydroxyl groups excluding tert-OH is 1. The summed E-state index contributed by atoms with van der Waals surface area (Å²) in [5, 5.41) is 10.4. The second-order valence-electron chi connectivity index (χ2n) is 4.23. The molecule has 0 bridgehead atoms. The minimum absolute atomic E-state index is 0.113. The summed E-state index contributed by atoms with van der Waals surface area (Å²) in [6.45, 7) is 0.996. The van der Waals surface area contributed by atoms with Crippen molar-refractivity contribution in [3.63, 3.8) is 0 Å². The van der Waals surface area contributed by atoms with Crippen molar-refractivity contribution in [2.45, 2.75) is 12.5 Å². The van der Waals surface area contributed by atoms with Crippen molar-refractivity contribution < 1.29 is 9.90 Å². The summed E-state index contributed by atoms with van der Waals surface area (Å²) in [5.41, 5.74) is 0.745. The van der Waals surface area contributed by atoms with Crippen LogP contribution in [0.15, 0.2) is 24.3 Å². The van der Waals surface area contributed by atoms with Crippen LogP contribution in [0.2, 0.25) is 10.0 Å². The van der Waals surface area contributed by atoms with Crippen LogP contribution in [0.1, 0.15) is 12.0 Å². The van der Waals surface area contributed by atoms with Crippen molar-refractivity contribution in [1.29, 1.82) is 0 Å². The van der Waals surface area contributed by atoms with Gasteiger partial charge in [-0.05, 0) is 30.2 Å². The Morgan fingerprint density at radius 2 is 2.22 bits per heavy atom. The van der Waals surface area contributed by atoms with Gasteiger partial charge in [0.2, 0.25) is 5.91 Å². The normalized spacial score (nSPS) is 19.7. The maximum absolute atomic E-state index is 11.8. The molecule has 0 aromatic heterocycles. The lowest BCUT2D eigenvalue weighted by molar-refractivity contribution is -0.125. The average molecular weight is 286 g/mol. The summed E-state index contributed by atoms with van der Waals surface area (Å²) in [5.74, 6) is -0.113. The number of rotatable bonds is 2. The topological polar surface area (TPSA) is 40.5 Å². The molecule has 5 heteroatoms. The quantitative estimate of drug-likeness (QED) is 0.849. The lowest BCUT2D eigenvalue weighted by Gasteiger charge is -2.12. The molecule has 0 aliphatic carbocycles. The van der Waals surface area contributed by atoms with E-state index in [0.29, 0.717) is 29.6 Å². The summed E-state index contributed by atoms with van der Waals surface area (Å²) in [4.78, 5) is 13.4. The number of likely N-dealkylation sites (tertiary alicyclic amines) is 1. The van der Waals surface area contributed by atoms with E-state index in [1.54, 1.807) is 29.2 Å². The molecule has 1 heterocycles. The summed E-state index contributed by atoms with van der Waals surface area (Å²) >= 11 is 11.8. The second kappa shape index (κ2) is 5.74. The van der Waals surface area contributed by atoms with Crippen molar-refractivity contribution in [2.24, 2.45) is 0 Å². The van der Waals surface area contributed by atoms with Crippen molar-refractivity contribution in [3.05, 3.63) is 39.9 Å². The second-order valence-corrected chi connectivity index (χ2v) is 5.07. The Morgan fingerprint density at radius 1 is 1.44 bits per heavy atom. The number of carbonyl (C=O) groups is 1.